The van der Waals surface area contributed by atoms with Crippen molar-refractivity contribution in [1.82, 2.24) is 0 Å². The summed E-state index contributed by atoms with van der Waals surface area (Å²) in [4.78, 5) is 2.28. The van der Waals surface area contributed by atoms with Crippen LogP contribution in [0.15, 0.2) is 18.2 Å². The van der Waals surface area contributed by atoms with Crippen molar-refractivity contribution in [2.75, 3.05) is 30.4 Å². The van der Waals surface area contributed by atoms with Crippen molar-refractivity contribution in [3.05, 3.63) is 21.8 Å². The summed E-state index contributed by atoms with van der Waals surface area (Å²) < 4.78 is 1.29. The molecule has 0 unspecified atom stereocenters. The number of fused-ring (bicyclic) bond motifs is 1. The van der Waals surface area contributed by atoms with Crippen LogP contribution in [0.4, 0.5) is 11.4 Å². The predicted octanol–water partition coefficient (Wildman–Crippen LogP) is 2.15. The Balaban J connectivity index is 2.46. The van der Waals surface area contributed by atoms with Gasteiger partial charge in [-0.15, -0.1) is 0 Å². The standard InChI is InChI=1S/C9H11IN2/c1-12-5-4-11-8-6-7(10)2-3-9(8)12/h2-3,6,11H,4-5H2,1H3. The van der Waals surface area contributed by atoms with Crippen molar-refractivity contribution >= 4 is 34.0 Å². The quantitative estimate of drug-likeness (QED) is 0.729. The number of anilines is 2. The molecule has 1 heterocycles. The van der Waals surface area contributed by atoms with Gasteiger partial charge < -0.3 is 10.2 Å². The zero-order valence-corrected chi connectivity index (χ0v) is 9.13. The van der Waals surface area contributed by atoms with Crippen LogP contribution in [-0.2, 0) is 0 Å². The van der Waals surface area contributed by atoms with Crippen LogP contribution in [-0.4, -0.2) is 20.1 Å². The maximum absolute atomic E-state index is 3.39. The molecular weight excluding hydrogens is 263 g/mol. The summed E-state index contributed by atoms with van der Waals surface area (Å²) in [6.07, 6.45) is 0. The van der Waals surface area contributed by atoms with Crippen LogP contribution in [0, 0.1) is 3.57 Å². The minimum absolute atomic E-state index is 1.05. The van der Waals surface area contributed by atoms with Gasteiger partial charge in [0.1, 0.15) is 0 Å². The number of halogens is 1. The fourth-order valence-corrected chi connectivity index (χ4v) is 1.95. The third-order valence-electron chi connectivity index (χ3n) is 2.13. The van der Waals surface area contributed by atoms with Crippen molar-refractivity contribution in [1.29, 1.82) is 0 Å². The van der Waals surface area contributed by atoms with Gasteiger partial charge in [-0.05, 0) is 40.8 Å². The SMILES string of the molecule is CN1CCNc2cc(I)ccc21. The van der Waals surface area contributed by atoms with Crippen LogP contribution in [0.2, 0.25) is 0 Å². The average Bonchev–Trinajstić information content (AvgIpc) is 2.04. The highest BCUT2D eigenvalue weighted by Gasteiger charge is 2.11. The van der Waals surface area contributed by atoms with E-state index in [1.165, 1.54) is 14.9 Å². The third-order valence-corrected chi connectivity index (χ3v) is 2.80. The molecule has 0 amide bonds. The lowest BCUT2D eigenvalue weighted by Crippen LogP contribution is -2.30. The third kappa shape index (κ3) is 1.37. The Kier molecular flexibility index (Phi) is 2.12. The molecule has 1 aliphatic heterocycles. The number of benzene rings is 1. The molecule has 1 aromatic rings. The second-order valence-electron chi connectivity index (χ2n) is 3.01. The molecule has 2 nitrogen and oxygen atoms in total. The number of nitrogens with one attached hydrogen (secondary N) is 1. The smallest absolute Gasteiger partial charge is 0.0600 e. The van der Waals surface area contributed by atoms with E-state index in [2.05, 4.69) is 58.1 Å². The maximum atomic E-state index is 3.39. The Bertz CT molecular complexity index is 299. The van der Waals surface area contributed by atoms with Crippen molar-refractivity contribution in [2.24, 2.45) is 0 Å². The first-order valence-electron chi connectivity index (χ1n) is 4.02. The zero-order valence-electron chi connectivity index (χ0n) is 6.97. The number of hydrogen-bond acceptors (Lipinski definition) is 2. The molecule has 0 aliphatic carbocycles. The first-order chi connectivity index (χ1) is 5.77. The summed E-state index contributed by atoms with van der Waals surface area (Å²) in [5.41, 5.74) is 2.57. The van der Waals surface area contributed by atoms with Crippen LogP contribution in [0.25, 0.3) is 0 Å². The summed E-state index contributed by atoms with van der Waals surface area (Å²) in [7, 11) is 2.13. The minimum atomic E-state index is 1.05. The summed E-state index contributed by atoms with van der Waals surface area (Å²) in [6, 6.07) is 6.50. The van der Waals surface area contributed by atoms with Gasteiger partial charge in [0.15, 0.2) is 0 Å². The van der Waals surface area contributed by atoms with E-state index in [9.17, 15) is 0 Å². The van der Waals surface area contributed by atoms with E-state index in [1.54, 1.807) is 0 Å². The molecular formula is C9H11IN2. The van der Waals surface area contributed by atoms with Gasteiger partial charge >= 0.3 is 0 Å². The first kappa shape index (κ1) is 8.16. The minimum Gasteiger partial charge on any atom is -0.382 e. The van der Waals surface area contributed by atoms with Gasteiger partial charge in [0.05, 0.1) is 11.4 Å². The molecule has 3 heteroatoms. The molecule has 1 aromatic carbocycles. The number of hydrogen-bond donors (Lipinski definition) is 1. The fourth-order valence-electron chi connectivity index (χ4n) is 1.46. The number of nitrogens with zero attached hydrogens (tertiary/aromatic N) is 1. The summed E-state index contributed by atoms with van der Waals surface area (Å²) >= 11 is 2.33. The summed E-state index contributed by atoms with van der Waals surface area (Å²) in [5.74, 6) is 0. The second kappa shape index (κ2) is 3.12. The van der Waals surface area contributed by atoms with E-state index in [1.807, 2.05) is 0 Å². The zero-order chi connectivity index (χ0) is 8.55. The second-order valence-corrected chi connectivity index (χ2v) is 4.26. The Morgan fingerprint density at radius 1 is 1.50 bits per heavy atom. The molecule has 0 atom stereocenters. The molecule has 0 saturated carbocycles. The van der Waals surface area contributed by atoms with Gasteiger partial charge in [-0.3, -0.25) is 0 Å². The molecule has 0 saturated heterocycles. The van der Waals surface area contributed by atoms with Gasteiger partial charge in [0.2, 0.25) is 0 Å². The monoisotopic (exact) mass is 274 g/mol. The van der Waals surface area contributed by atoms with Crippen molar-refractivity contribution in [3.8, 4) is 0 Å². The highest BCUT2D eigenvalue weighted by atomic mass is 127. The van der Waals surface area contributed by atoms with Crippen LogP contribution in [0.3, 0.4) is 0 Å². The predicted molar refractivity (Wildman–Crippen MR) is 60.9 cm³/mol. The van der Waals surface area contributed by atoms with Gasteiger partial charge in [0.25, 0.3) is 0 Å². The fraction of sp³-hybridized carbons (Fsp3) is 0.333. The molecule has 12 heavy (non-hydrogen) atoms. The molecule has 64 valence electrons. The Hall–Kier alpha value is -0.450. The number of rotatable bonds is 0. The molecule has 2 rings (SSSR count). The van der Waals surface area contributed by atoms with Crippen LogP contribution < -0.4 is 10.2 Å². The average molecular weight is 274 g/mol. The highest BCUT2D eigenvalue weighted by molar-refractivity contribution is 14.1. The first-order valence-corrected chi connectivity index (χ1v) is 5.10. The highest BCUT2D eigenvalue weighted by Crippen LogP contribution is 2.28. The van der Waals surface area contributed by atoms with Crippen LogP contribution in [0.5, 0.6) is 0 Å². The maximum Gasteiger partial charge on any atom is 0.0600 e. The lowest BCUT2D eigenvalue weighted by Gasteiger charge is -2.28. The van der Waals surface area contributed by atoms with Gasteiger partial charge in [-0.2, -0.15) is 0 Å². The van der Waals surface area contributed by atoms with Crippen LogP contribution >= 0.6 is 22.6 Å². The Morgan fingerprint density at radius 2 is 2.33 bits per heavy atom. The van der Waals surface area contributed by atoms with E-state index in [0.29, 0.717) is 0 Å². The molecule has 0 bridgehead atoms. The summed E-state index contributed by atoms with van der Waals surface area (Å²) in [5, 5.41) is 3.39. The van der Waals surface area contributed by atoms with Crippen LogP contribution in [0.1, 0.15) is 0 Å². The number of likely N-dealkylation sites (N-methyl/N-ethyl adjacent to an activating group) is 1. The van der Waals surface area contributed by atoms with E-state index < -0.39 is 0 Å². The molecule has 0 aromatic heterocycles. The van der Waals surface area contributed by atoms with Crippen molar-refractivity contribution < 1.29 is 0 Å². The van der Waals surface area contributed by atoms with E-state index in [0.717, 1.165) is 13.1 Å². The molecule has 0 fully saturated rings. The van der Waals surface area contributed by atoms with Crippen molar-refractivity contribution in [2.45, 2.75) is 0 Å². The summed E-state index contributed by atoms with van der Waals surface area (Å²) in [6.45, 7) is 2.14. The molecule has 0 radical (unpaired) electrons. The molecule has 0 spiro atoms. The largest absolute Gasteiger partial charge is 0.382 e. The van der Waals surface area contributed by atoms with Gasteiger partial charge in [-0.25, -0.2) is 0 Å². The van der Waals surface area contributed by atoms with Gasteiger partial charge in [-0.1, -0.05) is 0 Å². The normalized spacial score (nSPS) is 15.3. The Labute approximate surface area is 86.1 Å². The topological polar surface area (TPSA) is 15.3 Å². The Morgan fingerprint density at radius 3 is 3.17 bits per heavy atom. The lowest BCUT2D eigenvalue weighted by atomic mass is 10.2. The molecule has 1 aliphatic rings. The van der Waals surface area contributed by atoms with E-state index in [-0.39, 0.29) is 0 Å². The van der Waals surface area contributed by atoms with E-state index >= 15 is 0 Å². The lowest BCUT2D eigenvalue weighted by molar-refractivity contribution is 0.886. The molecule has 1 N–H and O–H groups in total. The van der Waals surface area contributed by atoms with Gasteiger partial charge in [0, 0.05) is 23.7 Å². The van der Waals surface area contributed by atoms with E-state index in [4.69, 9.17) is 0 Å². The van der Waals surface area contributed by atoms with Crippen molar-refractivity contribution in [3.63, 3.8) is 0 Å².